The first-order valence-electron chi connectivity index (χ1n) is 5.80. The molecule has 0 spiro atoms. The first-order chi connectivity index (χ1) is 9.06. The van der Waals surface area contributed by atoms with Gasteiger partial charge in [-0.2, -0.15) is 5.10 Å². The summed E-state index contributed by atoms with van der Waals surface area (Å²) >= 11 is 0. The second kappa shape index (κ2) is 5.62. The van der Waals surface area contributed by atoms with Gasteiger partial charge < -0.3 is 10.4 Å². The summed E-state index contributed by atoms with van der Waals surface area (Å²) in [6.07, 6.45) is -0.885. The van der Waals surface area contributed by atoms with E-state index in [1.165, 1.54) is 24.3 Å². The third kappa shape index (κ3) is 3.38. The Morgan fingerprint density at radius 1 is 1.47 bits per heavy atom. The molecular weight excluding hydrogens is 249 g/mol. The molecule has 1 aromatic carbocycles. The summed E-state index contributed by atoms with van der Waals surface area (Å²) in [7, 11) is 0. The van der Waals surface area contributed by atoms with Crippen molar-refractivity contribution in [1.29, 1.82) is 0 Å². The van der Waals surface area contributed by atoms with E-state index >= 15 is 0 Å². The molecule has 1 aromatic heterocycles. The summed E-state index contributed by atoms with van der Waals surface area (Å²) in [6.45, 7) is 1.83. The number of carbonyl (C=O) groups excluding carboxylic acids is 1. The van der Waals surface area contributed by atoms with E-state index in [9.17, 15) is 14.3 Å². The summed E-state index contributed by atoms with van der Waals surface area (Å²) in [5.74, 6) is -0.738. The molecule has 1 atom stereocenters. The maximum absolute atomic E-state index is 12.7. The fourth-order valence-electron chi connectivity index (χ4n) is 1.62. The Morgan fingerprint density at radius 2 is 2.16 bits per heavy atom. The number of H-pyrrole nitrogens is 1. The van der Waals surface area contributed by atoms with Crippen LogP contribution in [0.15, 0.2) is 30.3 Å². The standard InChI is InChI=1S/C13H14FN3O2/c1-8-6-11(17-16-8)13(19)15-7-12(18)9-2-4-10(14)5-3-9/h2-6,12,18H,7H2,1H3,(H,15,19)(H,16,17). The predicted molar refractivity (Wildman–Crippen MR) is 67.0 cm³/mol. The van der Waals surface area contributed by atoms with Crippen LogP contribution in [0, 0.1) is 12.7 Å². The highest BCUT2D eigenvalue weighted by atomic mass is 19.1. The van der Waals surface area contributed by atoms with E-state index in [1.807, 2.05) is 0 Å². The largest absolute Gasteiger partial charge is 0.387 e. The second-order valence-corrected chi connectivity index (χ2v) is 4.21. The fourth-order valence-corrected chi connectivity index (χ4v) is 1.62. The lowest BCUT2D eigenvalue weighted by atomic mass is 10.1. The van der Waals surface area contributed by atoms with Crippen molar-refractivity contribution in [2.24, 2.45) is 0 Å². The smallest absolute Gasteiger partial charge is 0.271 e. The highest BCUT2D eigenvalue weighted by Gasteiger charge is 2.12. The molecule has 0 fully saturated rings. The van der Waals surface area contributed by atoms with Gasteiger partial charge in [0.1, 0.15) is 11.5 Å². The van der Waals surface area contributed by atoms with E-state index < -0.39 is 6.10 Å². The SMILES string of the molecule is Cc1cc(C(=O)NCC(O)c2ccc(F)cc2)n[nH]1. The molecule has 1 unspecified atom stereocenters. The summed E-state index contributed by atoms with van der Waals surface area (Å²) < 4.78 is 12.7. The van der Waals surface area contributed by atoms with Crippen LogP contribution in [0.3, 0.4) is 0 Å². The lowest BCUT2D eigenvalue weighted by molar-refractivity contribution is 0.0911. The molecule has 0 aliphatic heterocycles. The number of benzene rings is 1. The van der Waals surface area contributed by atoms with E-state index in [0.29, 0.717) is 5.56 Å². The first-order valence-corrected chi connectivity index (χ1v) is 5.80. The average molecular weight is 263 g/mol. The molecule has 5 nitrogen and oxygen atoms in total. The molecule has 0 aliphatic carbocycles. The van der Waals surface area contributed by atoms with Crippen molar-refractivity contribution in [1.82, 2.24) is 15.5 Å². The Bertz CT molecular complexity index is 566. The zero-order valence-electron chi connectivity index (χ0n) is 10.4. The van der Waals surface area contributed by atoms with Crippen molar-refractivity contribution in [2.45, 2.75) is 13.0 Å². The molecule has 100 valence electrons. The highest BCUT2D eigenvalue weighted by molar-refractivity contribution is 5.92. The topological polar surface area (TPSA) is 78.0 Å². The maximum atomic E-state index is 12.7. The fraction of sp³-hybridized carbons (Fsp3) is 0.231. The van der Waals surface area contributed by atoms with Gasteiger partial charge in [0.05, 0.1) is 6.10 Å². The van der Waals surface area contributed by atoms with Gasteiger partial charge in [-0.25, -0.2) is 4.39 Å². The van der Waals surface area contributed by atoms with Crippen molar-refractivity contribution < 1.29 is 14.3 Å². The molecule has 1 heterocycles. The number of nitrogens with zero attached hydrogens (tertiary/aromatic N) is 1. The summed E-state index contributed by atoms with van der Waals surface area (Å²) in [4.78, 5) is 11.7. The zero-order valence-corrected chi connectivity index (χ0v) is 10.4. The number of hydrogen-bond acceptors (Lipinski definition) is 3. The summed E-state index contributed by atoms with van der Waals surface area (Å²) in [5, 5.41) is 18.9. The van der Waals surface area contributed by atoms with Crippen LogP contribution in [0.25, 0.3) is 0 Å². The lowest BCUT2D eigenvalue weighted by Gasteiger charge is -2.11. The van der Waals surface area contributed by atoms with Crippen LogP contribution in [0.1, 0.15) is 27.8 Å². The van der Waals surface area contributed by atoms with Crippen LogP contribution in [-0.2, 0) is 0 Å². The van der Waals surface area contributed by atoms with Gasteiger partial charge in [-0.3, -0.25) is 9.89 Å². The van der Waals surface area contributed by atoms with Crippen LogP contribution < -0.4 is 5.32 Å². The maximum Gasteiger partial charge on any atom is 0.271 e. The van der Waals surface area contributed by atoms with E-state index in [1.54, 1.807) is 13.0 Å². The highest BCUT2D eigenvalue weighted by Crippen LogP contribution is 2.12. The Morgan fingerprint density at radius 3 is 2.74 bits per heavy atom. The van der Waals surface area contributed by atoms with Crippen LogP contribution >= 0.6 is 0 Å². The molecule has 0 bridgehead atoms. The second-order valence-electron chi connectivity index (χ2n) is 4.21. The molecule has 2 aromatic rings. The number of nitrogens with one attached hydrogen (secondary N) is 2. The number of amides is 1. The quantitative estimate of drug-likeness (QED) is 0.778. The number of aromatic nitrogens is 2. The average Bonchev–Trinajstić information content (AvgIpc) is 2.83. The van der Waals surface area contributed by atoms with Crippen LogP contribution in [0.4, 0.5) is 4.39 Å². The van der Waals surface area contributed by atoms with Crippen molar-refractivity contribution in [3.63, 3.8) is 0 Å². The Balaban J connectivity index is 1.91. The number of halogens is 1. The number of aliphatic hydroxyl groups is 1. The minimum Gasteiger partial charge on any atom is -0.387 e. The number of rotatable bonds is 4. The third-order valence-corrected chi connectivity index (χ3v) is 2.65. The zero-order chi connectivity index (χ0) is 13.8. The Labute approximate surface area is 109 Å². The first kappa shape index (κ1) is 13.2. The van der Waals surface area contributed by atoms with Crippen LogP contribution in [0.5, 0.6) is 0 Å². The van der Waals surface area contributed by atoms with Gasteiger partial charge in [-0.05, 0) is 30.7 Å². The van der Waals surface area contributed by atoms with Crippen molar-refractivity contribution in [3.8, 4) is 0 Å². The molecule has 0 saturated carbocycles. The van der Waals surface area contributed by atoms with Crippen LogP contribution in [0.2, 0.25) is 0 Å². The van der Waals surface area contributed by atoms with E-state index in [0.717, 1.165) is 5.69 Å². The molecule has 3 N–H and O–H groups in total. The Hall–Kier alpha value is -2.21. The predicted octanol–water partition coefficient (Wildman–Crippen LogP) is 1.32. The molecule has 0 aliphatic rings. The minimum absolute atomic E-state index is 0.0381. The van der Waals surface area contributed by atoms with Crippen LogP contribution in [-0.4, -0.2) is 27.8 Å². The molecule has 0 radical (unpaired) electrons. The number of hydrogen-bond donors (Lipinski definition) is 3. The molecule has 1 amide bonds. The van der Waals surface area contributed by atoms with Crippen molar-refractivity contribution in [3.05, 3.63) is 53.1 Å². The number of aryl methyl sites for hydroxylation is 1. The monoisotopic (exact) mass is 263 g/mol. The van der Waals surface area contributed by atoms with Gasteiger partial charge in [-0.15, -0.1) is 0 Å². The number of carbonyl (C=O) groups is 1. The van der Waals surface area contributed by atoms with Gasteiger partial charge in [0.15, 0.2) is 0 Å². The normalized spacial score (nSPS) is 12.2. The van der Waals surface area contributed by atoms with Gasteiger partial charge in [0, 0.05) is 12.2 Å². The van der Waals surface area contributed by atoms with Crippen molar-refractivity contribution >= 4 is 5.91 Å². The summed E-state index contributed by atoms with van der Waals surface area (Å²) in [5.41, 5.74) is 1.59. The minimum atomic E-state index is -0.885. The molecule has 0 saturated heterocycles. The molecule has 19 heavy (non-hydrogen) atoms. The molecular formula is C13H14FN3O2. The van der Waals surface area contributed by atoms with E-state index in [-0.39, 0.29) is 24.0 Å². The van der Waals surface area contributed by atoms with Gasteiger partial charge >= 0.3 is 0 Å². The van der Waals surface area contributed by atoms with E-state index in [2.05, 4.69) is 15.5 Å². The Kier molecular flexibility index (Phi) is 3.91. The third-order valence-electron chi connectivity index (χ3n) is 2.65. The van der Waals surface area contributed by atoms with Gasteiger partial charge in [0.2, 0.25) is 0 Å². The van der Waals surface area contributed by atoms with Gasteiger partial charge in [-0.1, -0.05) is 12.1 Å². The number of aromatic amines is 1. The van der Waals surface area contributed by atoms with Gasteiger partial charge in [0.25, 0.3) is 5.91 Å². The summed E-state index contributed by atoms with van der Waals surface area (Å²) in [6, 6.07) is 7.09. The molecule has 2 rings (SSSR count). The van der Waals surface area contributed by atoms with Crippen molar-refractivity contribution in [2.75, 3.05) is 6.54 Å². The van der Waals surface area contributed by atoms with E-state index in [4.69, 9.17) is 0 Å². The molecule has 6 heteroatoms. The lowest BCUT2D eigenvalue weighted by Crippen LogP contribution is -2.28. The number of aliphatic hydroxyl groups excluding tert-OH is 1.